The molecular formula is C53H32N4O. The topological polar surface area (TPSA) is 56.7 Å². The number of nitrogens with zero attached hydrogens (tertiary/aromatic N) is 4. The van der Waals surface area contributed by atoms with E-state index in [4.69, 9.17) is 19.4 Å². The highest BCUT2D eigenvalue weighted by Crippen LogP contribution is 2.42. The second-order valence-corrected chi connectivity index (χ2v) is 14.7. The largest absolute Gasteiger partial charge is 0.456 e. The van der Waals surface area contributed by atoms with Gasteiger partial charge in [0.25, 0.3) is 0 Å². The number of hydrogen-bond donors (Lipinski definition) is 0. The fourth-order valence-electron chi connectivity index (χ4n) is 8.84. The highest BCUT2D eigenvalue weighted by atomic mass is 16.3. The zero-order valence-corrected chi connectivity index (χ0v) is 31.2. The first-order valence-electron chi connectivity index (χ1n) is 19.5. The van der Waals surface area contributed by atoms with E-state index in [-0.39, 0.29) is 0 Å². The van der Waals surface area contributed by atoms with Crippen LogP contribution in [0.4, 0.5) is 0 Å². The van der Waals surface area contributed by atoms with Crippen LogP contribution in [0, 0.1) is 0 Å². The van der Waals surface area contributed by atoms with Gasteiger partial charge < -0.3 is 8.98 Å². The molecule has 12 aromatic rings. The minimum atomic E-state index is 0.586. The molecule has 3 heterocycles. The Morgan fingerprint density at radius 3 is 1.83 bits per heavy atom. The molecule has 0 saturated heterocycles. The summed E-state index contributed by atoms with van der Waals surface area (Å²) in [6.07, 6.45) is 0. The average molecular weight is 741 g/mol. The van der Waals surface area contributed by atoms with Crippen LogP contribution in [0.2, 0.25) is 0 Å². The van der Waals surface area contributed by atoms with Gasteiger partial charge >= 0.3 is 0 Å². The van der Waals surface area contributed by atoms with Crippen molar-refractivity contribution in [3.05, 3.63) is 194 Å². The molecular weight excluding hydrogens is 709 g/mol. The van der Waals surface area contributed by atoms with Gasteiger partial charge in [0, 0.05) is 43.8 Å². The maximum atomic E-state index is 6.33. The zero-order chi connectivity index (χ0) is 38.2. The van der Waals surface area contributed by atoms with Crippen molar-refractivity contribution in [2.24, 2.45) is 0 Å². The van der Waals surface area contributed by atoms with E-state index in [1.165, 1.54) is 21.5 Å². The Morgan fingerprint density at radius 2 is 0.948 bits per heavy atom. The average Bonchev–Trinajstić information content (AvgIpc) is 3.85. The molecule has 12 rings (SSSR count). The molecule has 0 aliphatic carbocycles. The van der Waals surface area contributed by atoms with Gasteiger partial charge in [0.1, 0.15) is 11.2 Å². The number of furan rings is 1. The van der Waals surface area contributed by atoms with Crippen LogP contribution in [0.3, 0.4) is 0 Å². The number of aromatic nitrogens is 4. The Balaban J connectivity index is 1.11. The Bertz CT molecular complexity index is 3600. The minimum absolute atomic E-state index is 0.586. The monoisotopic (exact) mass is 740 g/mol. The van der Waals surface area contributed by atoms with Gasteiger partial charge in [0.15, 0.2) is 17.5 Å². The van der Waals surface area contributed by atoms with Crippen molar-refractivity contribution in [1.29, 1.82) is 0 Å². The normalized spacial score (nSPS) is 11.8. The number of fused-ring (bicyclic) bond motifs is 9. The van der Waals surface area contributed by atoms with E-state index >= 15 is 0 Å². The number of rotatable bonds is 5. The van der Waals surface area contributed by atoms with Crippen LogP contribution in [0.1, 0.15) is 0 Å². The molecule has 0 aliphatic rings. The highest BCUT2D eigenvalue weighted by Gasteiger charge is 2.22. The minimum Gasteiger partial charge on any atom is -0.456 e. The summed E-state index contributed by atoms with van der Waals surface area (Å²) in [6.45, 7) is 0. The molecule has 3 aromatic heterocycles. The number of benzene rings is 9. The first kappa shape index (κ1) is 32.4. The molecule has 0 spiro atoms. The summed E-state index contributed by atoms with van der Waals surface area (Å²) in [6, 6.07) is 68.0. The summed E-state index contributed by atoms with van der Waals surface area (Å²) < 4.78 is 8.74. The van der Waals surface area contributed by atoms with Crippen LogP contribution < -0.4 is 0 Å². The number of para-hydroxylation sites is 3. The summed E-state index contributed by atoms with van der Waals surface area (Å²) in [5.41, 5.74) is 9.84. The molecule has 0 atom stereocenters. The molecule has 5 nitrogen and oxygen atoms in total. The van der Waals surface area contributed by atoms with E-state index < -0.39 is 0 Å². The molecule has 9 aromatic carbocycles. The van der Waals surface area contributed by atoms with Crippen molar-refractivity contribution >= 4 is 65.3 Å². The van der Waals surface area contributed by atoms with Gasteiger partial charge in [-0.25, -0.2) is 15.0 Å². The summed E-state index contributed by atoms with van der Waals surface area (Å²) in [7, 11) is 0. The third-order valence-electron chi connectivity index (χ3n) is 11.5. The van der Waals surface area contributed by atoms with Gasteiger partial charge in [0.2, 0.25) is 0 Å². The van der Waals surface area contributed by atoms with Gasteiger partial charge in [-0.3, -0.25) is 0 Å². The molecule has 0 radical (unpaired) electrons. The maximum absolute atomic E-state index is 6.33. The smallest absolute Gasteiger partial charge is 0.164 e. The molecule has 58 heavy (non-hydrogen) atoms. The highest BCUT2D eigenvalue weighted by molar-refractivity contribution is 6.21. The summed E-state index contributed by atoms with van der Waals surface area (Å²) in [5.74, 6) is 1.78. The van der Waals surface area contributed by atoms with E-state index in [2.05, 4.69) is 168 Å². The van der Waals surface area contributed by atoms with Crippen molar-refractivity contribution in [1.82, 2.24) is 19.5 Å². The first-order valence-corrected chi connectivity index (χ1v) is 19.5. The Labute approximate surface area is 333 Å². The lowest BCUT2D eigenvalue weighted by Gasteiger charge is -2.17. The SMILES string of the molecule is c1ccc(-c2ccccc2-n2c3ccccc3c3c4ccccc4ccc32)c(-c2nc(-c3ccc4ccccc4c3)nc(-c3cccc4oc5ccccc5c34)n2)c1. The van der Waals surface area contributed by atoms with E-state index in [0.29, 0.717) is 17.5 Å². The molecule has 0 fully saturated rings. The molecule has 0 N–H and O–H groups in total. The van der Waals surface area contributed by atoms with E-state index in [9.17, 15) is 0 Å². The molecule has 0 aliphatic heterocycles. The summed E-state index contributed by atoms with van der Waals surface area (Å²) in [5, 5.41) is 9.24. The second kappa shape index (κ2) is 12.8. The lowest BCUT2D eigenvalue weighted by atomic mass is 9.97. The lowest BCUT2D eigenvalue weighted by Crippen LogP contribution is -2.02. The van der Waals surface area contributed by atoms with Gasteiger partial charge in [0.05, 0.1) is 16.7 Å². The van der Waals surface area contributed by atoms with Gasteiger partial charge in [-0.2, -0.15) is 0 Å². The van der Waals surface area contributed by atoms with Crippen molar-refractivity contribution in [2.75, 3.05) is 0 Å². The van der Waals surface area contributed by atoms with Crippen molar-refractivity contribution in [2.45, 2.75) is 0 Å². The predicted molar refractivity (Wildman–Crippen MR) is 238 cm³/mol. The molecule has 0 unspecified atom stereocenters. The predicted octanol–water partition coefficient (Wildman–Crippen LogP) is 13.8. The maximum Gasteiger partial charge on any atom is 0.164 e. The molecule has 0 saturated carbocycles. The van der Waals surface area contributed by atoms with Crippen LogP contribution in [-0.4, -0.2) is 19.5 Å². The third kappa shape index (κ3) is 5.00. The van der Waals surface area contributed by atoms with E-state index in [0.717, 1.165) is 77.2 Å². The lowest BCUT2D eigenvalue weighted by molar-refractivity contribution is 0.669. The van der Waals surface area contributed by atoms with Gasteiger partial charge in [-0.05, 0) is 63.5 Å². The Morgan fingerprint density at radius 1 is 0.345 bits per heavy atom. The zero-order valence-electron chi connectivity index (χ0n) is 31.2. The third-order valence-corrected chi connectivity index (χ3v) is 11.5. The van der Waals surface area contributed by atoms with Crippen molar-refractivity contribution in [3.63, 3.8) is 0 Å². The summed E-state index contributed by atoms with van der Waals surface area (Å²) >= 11 is 0. The van der Waals surface area contributed by atoms with Crippen LogP contribution in [0.15, 0.2) is 199 Å². The fraction of sp³-hybridized carbons (Fsp3) is 0. The van der Waals surface area contributed by atoms with Crippen LogP contribution in [-0.2, 0) is 0 Å². The van der Waals surface area contributed by atoms with E-state index in [1.54, 1.807) is 0 Å². The molecule has 0 amide bonds. The van der Waals surface area contributed by atoms with Crippen LogP contribution in [0.25, 0.3) is 116 Å². The summed E-state index contributed by atoms with van der Waals surface area (Å²) in [4.78, 5) is 15.9. The fourth-order valence-corrected chi connectivity index (χ4v) is 8.84. The van der Waals surface area contributed by atoms with Gasteiger partial charge in [-0.15, -0.1) is 0 Å². The quantitative estimate of drug-likeness (QED) is 0.176. The standard InChI is InChI=1S/C53H32N4O/c1-2-16-35-32-36(29-28-33(35)14-1)51-54-52(56-53(55-51)43-23-13-27-48-50(43)42-22-9-12-26-47(42)58-48)40-20-6-5-18-38(40)39-19-7-10-24-44(39)57-45-25-11-8-21-41(45)49-37-17-4-3-15-34(37)30-31-46(49)57/h1-32H. The molecule has 5 heteroatoms. The first-order chi connectivity index (χ1) is 28.8. The van der Waals surface area contributed by atoms with E-state index in [1.807, 2.05) is 30.3 Å². The Kier molecular flexibility index (Phi) is 7.16. The van der Waals surface area contributed by atoms with Crippen LogP contribution in [0.5, 0.6) is 0 Å². The molecule has 0 bridgehead atoms. The van der Waals surface area contributed by atoms with Gasteiger partial charge in [-0.1, -0.05) is 158 Å². The van der Waals surface area contributed by atoms with Crippen molar-refractivity contribution < 1.29 is 4.42 Å². The molecule has 270 valence electrons. The second-order valence-electron chi connectivity index (χ2n) is 14.7. The van der Waals surface area contributed by atoms with Crippen molar-refractivity contribution in [3.8, 4) is 51.0 Å². The van der Waals surface area contributed by atoms with Crippen LogP contribution >= 0.6 is 0 Å². The Hall–Kier alpha value is -7.89. The number of hydrogen-bond acceptors (Lipinski definition) is 4.